The van der Waals surface area contributed by atoms with Crippen molar-refractivity contribution < 1.29 is 9.90 Å². The lowest BCUT2D eigenvalue weighted by atomic mass is 9.78. The normalized spacial score (nSPS) is 21.5. The minimum Gasteiger partial charge on any atom is -0.478 e. The number of hydrogen-bond donors (Lipinski definition) is 1. The van der Waals surface area contributed by atoms with Crippen molar-refractivity contribution >= 4 is 5.97 Å². The monoisotopic (exact) mass is 259 g/mol. The Bertz CT molecular complexity index is 469. The number of carbonyl (C=O) groups is 1. The first-order valence-electron chi connectivity index (χ1n) is 7.22. The molecule has 1 aromatic carbocycles. The molecule has 1 N–H and O–H groups in total. The largest absolute Gasteiger partial charge is 0.478 e. The second-order valence-electron chi connectivity index (χ2n) is 6.13. The van der Waals surface area contributed by atoms with Crippen molar-refractivity contribution in [2.24, 2.45) is 5.41 Å². The second kappa shape index (κ2) is 4.97. The van der Waals surface area contributed by atoms with E-state index in [0.29, 0.717) is 11.0 Å². The molecule has 1 aromatic rings. The first-order valence-corrected chi connectivity index (χ1v) is 7.22. The van der Waals surface area contributed by atoms with E-state index >= 15 is 0 Å². The molecule has 3 heteroatoms. The highest BCUT2D eigenvalue weighted by Gasteiger charge is 2.43. The van der Waals surface area contributed by atoms with Crippen molar-refractivity contribution in [2.75, 3.05) is 19.6 Å². The van der Waals surface area contributed by atoms with E-state index in [1.165, 1.54) is 38.8 Å². The SMILES string of the molecule is O=C(O)c1ccccc1CCN1CC2(CCCC2)C1. The Labute approximate surface area is 114 Å². The molecule has 1 aliphatic heterocycles. The summed E-state index contributed by atoms with van der Waals surface area (Å²) in [4.78, 5) is 13.6. The fourth-order valence-corrected chi connectivity index (χ4v) is 3.73. The summed E-state index contributed by atoms with van der Waals surface area (Å²) in [5.41, 5.74) is 2.05. The van der Waals surface area contributed by atoms with E-state index in [1.54, 1.807) is 12.1 Å². The molecule has 0 atom stereocenters. The van der Waals surface area contributed by atoms with Gasteiger partial charge in [-0.1, -0.05) is 31.0 Å². The molecule has 1 spiro atoms. The summed E-state index contributed by atoms with van der Waals surface area (Å²) in [6, 6.07) is 7.36. The number of hydrogen-bond acceptors (Lipinski definition) is 2. The quantitative estimate of drug-likeness (QED) is 0.904. The van der Waals surface area contributed by atoms with Gasteiger partial charge in [0.2, 0.25) is 0 Å². The Morgan fingerprint density at radius 3 is 2.58 bits per heavy atom. The van der Waals surface area contributed by atoms with Crippen LogP contribution in [0.1, 0.15) is 41.6 Å². The molecule has 0 unspecified atom stereocenters. The van der Waals surface area contributed by atoms with Crippen LogP contribution in [0.25, 0.3) is 0 Å². The van der Waals surface area contributed by atoms with Crippen LogP contribution < -0.4 is 0 Å². The summed E-state index contributed by atoms with van der Waals surface area (Å²) < 4.78 is 0. The summed E-state index contributed by atoms with van der Waals surface area (Å²) in [6.07, 6.45) is 6.44. The van der Waals surface area contributed by atoms with Crippen molar-refractivity contribution in [3.05, 3.63) is 35.4 Å². The van der Waals surface area contributed by atoms with Crippen molar-refractivity contribution in [3.8, 4) is 0 Å². The van der Waals surface area contributed by atoms with Crippen LogP contribution in [0.15, 0.2) is 24.3 Å². The van der Waals surface area contributed by atoms with Crippen molar-refractivity contribution in [3.63, 3.8) is 0 Å². The summed E-state index contributed by atoms with van der Waals surface area (Å²) >= 11 is 0. The Morgan fingerprint density at radius 1 is 1.21 bits per heavy atom. The van der Waals surface area contributed by atoms with Gasteiger partial charge in [-0.05, 0) is 36.3 Å². The van der Waals surface area contributed by atoms with Crippen LogP contribution in [0.4, 0.5) is 0 Å². The molecule has 19 heavy (non-hydrogen) atoms. The predicted octanol–water partition coefficient (Wildman–Crippen LogP) is 2.80. The minimum absolute atomic E-state index is 0.457. The maximum absolute atomic E-state index is 11.1. The maximum Gasteiger partial charge on any atom is 0.335 e. The van der Waals surface area contributed by atoms with E-state index in [1.807, 2.05) is 12.1 Å². The van der Waals surface area contributed by atoms with Crippen LogP contribution in [0.3, 0.4) is 0 Å². The molecule has 0 radical (unpaired) electrons. The first-order chi connectivity index (χ1) is 9.19. The van der Waals surface area contributed by atoms with Crippen LogP contribution in [-0.4, -0.2) is 35.6 Å². The molecular weight excluding hydrogens is 238 g/mol. The van der Waals surface area contributed by atoms with E-state index in [4.69, 9.17) is 5.11 Å². The number of aromatic carboxylic acids is 1. The van der Waals surface area contributed by atoms with E-state index in [9.17, 15) is 4.79 Å². The fraction of sp³-hybridized carbons (Fsp3) is 0.562. The van der Waals surface area contributed by atoms with E-state index in [0.717, 1.165) is 18.5 Å². The molecule has 3 nitrogen and oxygen atoms in total. The highest BCUT2D eigenvalue weighted by molar-refractivity contribution is 5.89. The molecule has 1 saturated carbocycles. The Balaban J connectivity index is 1.55. The molecule has 0 amide bonds. The van der Waals surface area contributed by atoms with E-state index in [-0.39, 0.29) is 0 Å². The summed E-state index contributed by atoms with van der Waals surface area (Å²) in [7, 11) is 0. The van der Waals surface area contributed by atoms with E-state index in [2.05, 4.69) is 4.90 Å². The van der Waals surface area contributed by atoms with Crippen molar-refractivity contribution in [2.45, 2.75) is 32.1 Å². The van der Waals surface area contributed by atoms with Gasteiger partial charge < -0.3 is 10.0 Å². The first kappa shape index (κ1) is 12.7. The smallest absolute Gasteiger partial charge is 0.335 e. The van der Waals surface area contributed by atoms with Crippen LogP contribution in [0.2, 0.25) is 0 Å². The van der Waals surface area contributed by atoms with Gasteiger partial charge in [0, 0.05) is 19.6 Å². The van der Waals surface area contributed by atoms with Gasteiger partial charge in [0.05, 0.1) is 5.56 Å². The molecule has 3 rings (SSSR count). The molecule has 0 bridgehead atoms. The maximum atomic E-state index is 11.1. The van der Waals surface area contributed by atoms with Gasteiger partial charge in [-0.25, -0.2) is 4.79 Å². The third-order valence-electron chi connectivity index (χ3n) is 4.73. The number of nitrogens with zero attached hydrogens (tertiary/aromatic N) is 1. The lowest BCUT2D eigenvalue weighted by Crippen LogP contribution is -2.55. The van der Waals surface area contributed by atoms with Gasteiger partial charge in [-0.2, -0.15) is 0 Å². The lowest BCUT2D eigenvalue weighted by Gasteiger charge is -2.48. The molecule has 1 aliphatic carbocycles. The average Bonchev–Trinajstić information content (AvgIpc) is 2.84. The Morgan fingerprint density at radius 2 is 1.89 bits per heavy atom. The van der Waals surface area contributed by atoms with Gasteiger partial charge in [0.15, 0.2) is 0 Å². The van der Waals surface area contributed by atoms with Gasteiger partial charge >= 0.3 is 5.97 Å². The summed E-state index contributed by atoms with van der Waals surface area (Å²) in [6.45, 7) is 3.44. The van der Waals surface area contributed by atoms with Crippen LogP contribution in [0.5, 0.6) is 0 Å². The predicted molar refractivity (Wildman–Crippen MR) is 74.4 cm³/mol. The van der Waals surface area contributed by atoms with Crippen molar-refractivity contribution in [1.29, 1.82) is 0 Å². The van der Waals surface area contributed by atoms with Crippen LogP contribution in [-0.2, 0) is 6.42 Å². The highest BCUT2D eigenvalue weighted by atomic mass is 16.4. The number of carboxylic acids is 1. The highest BCUT2D eigenvalue weighted by Crippen LogP contribution is 2.45. The molecule has 0 aromatic heterocycles. The topological polar surface area (TPSA) is 40.5 Å². The second-order valence-corrected chi connectivity index (χ2v) is 6.13. The Kier molecular flexibility index (Phi) is 3.31. The zero-order valence-electron chi connectivity index (χ0n) is 11.3. The van der Waals surface area contributed by atoms with Gasteiger partial charge in [0.25, 0.3) is 0 Å². The fourth-order valence-electron chi connectivity index (χ4n) is 3.73. The summed E-state index contributed by atoms with van der Waals surface area (Å²) in [5.74, 6) is -0.813. The van der Waals surface area contributed by atoms with Gasteiger partial charge in [-0.15, -0.1) is 0 Å². The van der Waals surface area contributed by atoms with Crippen LogP contribution >= 0.6 is 0 Å². The number of benzene rings is 1. The molecule has 102 valence electrons. The van der Waals surface area contributed by atoms with E-state index < -0.39 is 5.97 Å². The molecular formula is C16H21NO2. The average molecular weight is 259 g/mol. The van der Waals surface area contributed by atoms with Crippen molar-refractivity contribution in [1.82, 2.24) is 4.90 Å². The third kappa shape index (κ3) is 2.52. The minimum atomic E-state index is -0.813. The molecule has 2 fully saturated rings. The van der Waals surface area contributed by atoms with Gasteiger partial charge in [-0.3, -0.25) is 0 Å². The molecule has 2 aliphatic rings. The Hall–Kier alpha value is -1.35. The lowest BCUT2D eigenvalue weighted by molar-refractivity contribution is 0.00725. The zero-order chi connectivity index (χ0) is 13.3. The zero-order valence-corrected chi connectivity index (χ0v) is 11.3. The number of likely N-dealkylation sites (tertiary alicyclic amines) is 1. The molecule has 1 saturated heterocycles. The van der Waals surface area contributed by atoms with Gasteiger partial charge in [0.1, 0.15) is 0 Å². The molecule has 1 heterocycles. The summed E-state index contributed by atoms with van der Waals surface area (Å²) in [5, 5.41) is 9.16. The number of carboxylic acid groups (broad SMARTS) is 1. The van der Waals surface area contributed by atoms with Crippen LogP contribution in [0, 0.1) is 5.41 Å². The number of rotatable bonds is 4. The standard InChI is InChI=1S/C16H21NO2/c18-15(19)14-6-2-1-5-13(14)7-10-17-11-16(12-17)8-3-4-9-16/h1-2,5-6H,3-4,7-12H2,(H,18,19). The third-order valence-corrected chi connectivity index (χ3v) is 4.73.